The summed E-state index contributed by atoms with van der Waals surface area (Å²) in [5.74, 6) is -0.289. The standard InChI is InChI=1S/C26H26Cl3N3O3S/c1-18-7-8-20(27)16-24(18)31-11-13-32(14-12-31)26(33)23(15-19-5-3-2-4-6-19)30-36(34,35)25-17-21(28)9-10-22(25)29/h2-10,16-17,23,30H,11-15H2,1H3/t23-/m0/s1. The minimum Gasteiger partial charge on any atom is -0.368 e. The molecule has 0 bridgehead atoms. The molecular weight excluding hydrogens is 541 g/mol. The Morgan fingerprint density at radius 3 is 2.25 bits per heavy atom. The summed E-state index contributed by atoms with van der Waals surface area (Å²) in [5, 5.41) is 0.924. The number of nitrogens with zero attached hydrogens (tertiary/aromatic N) is 2. The zero-order valence-corrected chi connectivity index (χ0v) is 22.7. The molecule has 0 radical (unpaired) electrons. The van der Waals surface area contributed by atoms with Gasteiger partial charge >= 0.3 is 0 Å². The molecule has 10 heteroatoms. The lowest BCUT2D eigenvalue weighted by atomic mass is 10.1. The second-order valence-electron chi connectivity index (χ2n) is 8.68. The fraction of sp³-hybridized carbons (Fsp3) is 0.269. The van der Waals surface area contributed by atoms with E-state index in [2.05, 4.69) is 9.62 Å². The van der Waals surface area contributed by atoms with Gasteiger partial charge in [0.2, 0.25) is 15.9 Å². The second kappa shape index (κ2) is 11.4. The average molecular weight is 567 g/mol. The van der Waals surface area contributed by atoms with Gasteiger partial charge in [-0.3, -0.25) is 4.79 Å². The van der Waals surface area contributed by atoms with E-state index in [1.807, 2.05) is 55.5 Å². The maximum atomic E-state index is 13.6. The Morgan fingerprint density at radius 2 is 1.56 bits per heavy atom. The van der Waals surface area contributed by atoms with Gasteiger partial charge in [0.15, 0.2) is 0 Å². The minimum absolute atomic E-state index is 0.0308. The molecule has 1 atom stereocenters. The van der Waals surface area contributed by atoms with Crippen molar-refractivity contribution in [1.29, 1.82) is 0 Å². The summed E-state index contributed by atoms with van der Waals surface area (Å²) in [4.78, 5) is 17.4. The van der Waals surface area contributed by atoms with E-state index in [0.717, 1.165) is 16.8 Å². The van der Waals surface area contributed by atoms with E-state index in [-0.39, 0.29) is 27.3 Å². The van der Waals surface area contributed by atoms with Gasteiger partial charge in [0.25, 0.3) is 0 Å². The molecule has 1 aliphatic rings. The number of hydrogen-bond acceptors (Lipinski definition) is 4. The zero-order chi connectivity index (χ0) is 25.9. The van der Waals surface area contributed by atoms with Crippen LogP contribution in [0.3, 0.4) is 0 Å². The van der Waals surface area contributed by atoms with E-state index in [1.54, 1.807) is 4.90 Å². The molecule has 0 unspecified atom stereocenters. The molecule has 0 spiro atoms. The van der Waals surface area contributed by atoms with Gasteiger partial charge in [0, 0.05) is 41.9 Å². The molecule has 1 heterocycles. The molecule has 3 aromatic rings. The van der Waals surface area contributed by atoms with E-state index in [9.17, 15) is 13.2 Å². The summed E-state index contributed by atoms with van der Waals surface area (Å²) < 4.78 is 29.1. The van der Waals surface area contributed by atoms with Crippen molar-refractivity contribution >= 4 is 56.4 Å². The Morgan fingerprint density at radius 1 is 0.917 bits per heavy atom. The van der Waals surface area contributed by atoms with Crippen LogP contribution in [0.1, 0.15) is 11.1 Å². The maximum absolute atomic E-state index is 13.6. The average Bonchev–Trinajstić information content (AvgIpc) is 2.86. The lowest BCUT2D eigenvalue weighted by Gasteiger charge is -2.38. The van der Waals surface area contributed by atoms with Crippen LogP contribution in [0.4, 0.5) is 5.69 Å². The largest absolute Gasteiger partial charge is 0.368 e. The predicted molar refractivity (Wildman–Crippen MR) is 146 cm³/mol. The number of hydrogen-bond donors (Lipinski definition) is 1. The molecule has 36 heavy (non-hydrogen) atoms. The Labute approximate surface area is 226 Å². The van der Waals surface area contributed by atoms with Crippen LogP contribution in [0.2, 0.25) is 15.1 Å². The van der Waals surface area contributed by atoms with Crippen molar-refractivity contribution in [1.82, 2.24) is 9.62 Å². The summed E-state index contributed by atoms with van der Waals surface area (Å²) in [6.07, 6.45) is 0.199. The molecule has 0 aromatic heterocycles. The molecule has 1 saturated heterocycles. The number of nitrogens with one attached hydrogen (secondary N) is 1. The van der Waals surface area contributed by atoms with Gasteiger partial charge in [0.1, 0.15) is 10.9 Å². The van der Waals surface area contributed by atoms with Crippen molar-refractivity contribution in [2.75, 3.05) is 31.1 Å². The van der Waals surface area contributed by atoms with Gasteiger partial charge in [-0.25, -0.2) is 8.42 Å². The molecule has 0 saturated carbocycles. The van der Waals surface area contributed by atoms with Crippen LogP contribution in [0.5, 0.6) is 0 Å². The van der Waals surface area contributed by atoms with Crippen molar-refractivity contribution in [2.45, 2.75) is 24.3 Å². The molecular formula is C26H26Cl3N3O3S. The van der Waals surface area contributed by atoms with Crippen LogP contribution in [0, 0.1) is 6.92 Å². The molecule has 190 valence electrons. The van der Waals surface area contributed by atoms with E-state index in [4.69, 9.17) is 34.8 Å². The van der Waals surface area contributed by atoms with Crippen molar-refractivity contribution in [2.24, 2.45) is 0 Å². The van der Waals surface area contributed by atoms with Gasteiger partial charge in [-0.1, -0.05) is 71.2 Å². The highest BCUT2D eigenvalue weighted by atomic mass is 35.5. The monoisotopic (exact) mass is 565 g/mol. The lowest BCUT2D eigenvalue weighted by molar-refractivity contribution is -0.133. The topological polar surface area (TPSA) is 69.7 Å². The van der Waals surface area contributed by atoms with Crippen LogP contribution in [0.25, 0.3) is 0 Å². The van der Waals surface area contributed by atoms with Crippen LogP contribution < -0.4 is 9.62 Å². The van der Waals surface area contributed by atoms with E-state index >= 15 is 0 Å². The number of piperazine rings is 1. The van der Waals surface area contributed by atoms with E-state index < -0.39 is 16.1 Å². The number of carbonyl (C=O) groups excluding carboxylic acids is 1. The summed E-state index contributed by atoms with van der Waals surface area (Å²) in [5.41, 5.74) is 2.97. The second-order valence-corrected chi connectivity index (χ2v) is 11.6. The molecule has 1 N–H and O–H groups in total. The Hall–Kier alpha value is -2.29. The fourth-order valence-corrected chi connectivity index (χ4v) is 6.39. The normalized spacial score (nSPS) is 15.1. The maximum Gasteiger partial charge on any atom is 0.242 e. The highest BCUT2D eigenvalue weighted by molar-refractivity contribution is 7.89. The van der Waals surface area contributed by atoms with Crippen molar-refractivity contribution < 1.29 is 13.2 Å². The summed E-state index contributed by atoms with van der Waals surface area (Å²) >= 11 is 18.4. The number of anilines is 1. The first-order valence-electron chi connectivity index (χ1n) is 11.5. The number of halogens is 3. The third-order valence-electron chi connectivity index (χ3n) is 6.16. The van der Waals surface area contributed by atoms with Crippen LogP contribution in [-0.4, -0.2) is 51.4 Å². The van der Waals surface area contributed by atoms with Crippen LogP contribution in [0.15, 0.2) is 71.6 Å². The van der Waals surface area contributed by atoms with Crippen molar-refractivity contribution in [3.05, 3.63) is 92.9 Å². The molecule has 1 fully saturated rings. The quantitative estimate of drug-likeness (QED) is 0.427. The Balaban J connectivity index is 1.54. The number of amides is 1. The third kappa shape index (κ3) is 6.33. The number of aryl methyl sites for hydroxylation is 1. The number of rotatable bonds is 7. The minimum atomic E-state index is -4.12. The molecule has 1 amide bonds. The van der Waals surface area contributed by atoms with Gasteiger partial charge in [-0.2, -0.15) is 4.72 Å². The summed E-state index contributed by atoms with van der Waals surface area (Å²) in [6, 6.07) is 18.3. The van der Waals surface area contributed by atoms with Gasteiger partial charge in [0.05, 0.1) is 5.02 Å². The Bertz CT molecular complexity index is 1350. The highest BCUT2D eigenvalue weighted by Gasteiger charge is 2.32. The fourth-order valence-electron chi connectivity index (χ4n) is 4.27. The Kier molecular flexibility index (Phi) is 8.48. The first kappa shape index (κ1) is 26.8. The first-order valence-corrected chi connectivity index (χ1v) is 14.1. The molecule has 6 nitrogen and oxygen atoms in total. The van der Waals surface area contributed by atoms with Crippen LogP contribution in [-0.2, 0) is 21.2 Å². The van der Waals surface area contributed by atoms with E-state index in [1.165, 1.54) is 18.2 Å². The molecule has 0 aliphatic carbocycles. The van der Waals surface area contributed by atoms with Crippen molar-refractivity contribution in [3.8, 4) is 0 Å². The van der Waals surface area contributed by atoms with E-state index in [0.29, 0.717) is 31.2 Å². The zero-order valence-electron chi connectivity index (χ0n) is 19.6. The summed E-state index contributed by atoms with van der Waals surface area (Å²) in [6.45, 7) is 4.15. The molecule has 1 aliphatic heterocycles. The smallest absolute Gasteiger partial charge is 0.242 e. The lowest BCUT2D eigenvalue weighted by Crippen LogP contribution is -2.55. The number of sulfonamides is 1. The van der Waals surface area contributed by atoms with Crippen molar-refractivity contribution in [3.63, 3.8) is 0 Å². The molecule has 4 rings (SSSR count). The summed E-state index contributed by atoms with van der Waals surface area (Å²) in [7, 11) is -4.12. The predicted octanol–water partition coefficient (Wildman–Crippen LogP) is 5.19. The molecule has 3 aromatic carbocycles. The first-order chi connectivity index (χ1) is 17.1. The van der Waals surface area contributed by atoms with Gasteiger partial charge < -0.3 is 9.80 Å². The van der Waals surface area contributed by atoms with Crippen LogP contribution >= 0.6 is 34.8 Å². The number of benzene rings is 3. The number of carbonyl (C=O) groups is 1. The SMILES string of the molecule is Cc1ccc(Cl)cc1N1CCN(C(=O)[C@H](Cc2ccccc2)NS(=O)(=O)c2cc(Cl)ccc2Cl)CC1. The third-order valence-corrected chi connectivity index (χ3v) is 8.59. The van der Waals surface area contributed by atoms with Gasteiger partial charge in [-0.15, -0.1) is 0 Å². The highest BCUT2D eigenvalue weighted by Crippen LogP contribution is 2.27. The van der Waals surface area contributed by atoms with Gasteiger partial charge in [-0.05, 0) is 54.8 Å².